The van der Waals surface area contributed by atoms with Gasteiger partial charge in [0.1, 0.15) is 5.82 Å². The van der Waals surface area contributed by atoms with Crippen LogP contribution in [-0.4, -0.2) is 65.9 Å². The smallest absolute Gasteiger partial charge is 0.211 e. The van der Waals surface area contributed by atoms with Gasteiger partial charge in [0.25, 0.3) is 0 Å². The van der Waals surface area contributed by atoms with E-state index in [0.29, 0.717) is 26.2 Å². The zero-order valence-corrected chi connectivity index (χ0v) is 15.2. The van der Waals surface area contributed by atoms with Crippen LogP contribution in [0.5, 0.6) is 0 Å². The Morgan fingerprint density at radius 3 is 2.83 bits per heavy atom. The molecule has 1 saturated heterocycles. The summed E-state index contributed by atoms with van der Waals surface area (Å²) >= 11 is 0. The summed E-state index contributed by atoms with van der Waals surface area (Å²) in [4.78, 5) is 4.54. The van der Waals surface area contributed by atoms with Crippen LogP contribution in [0.1, 0.15) is 17.0 Å². The van der Waals surface area contributed by atoms with Gasteiger partial charge in [-0.25, -0.2) is 13.4 Å². The van der Waals surface area contributed by atoms with Crippen molar-refractivity contribution in [2.45, 2.75) is 26.9 Å². The number of hydrogen-bond donors (Lipinski definition) is 1. The maximum Gasteiger partial charge on any atom is 0.211 e. The Hall–Kier alpha value is -1.71. The zero-order valence-electron chi connectivity index (χ0n) is 14.4. The number of anilines is 1. The van der Waals surface area contributed by atoms with Gasteiger partial charge in [0.15, 0.2) is 5.65 Å². The van der Waals surface area contributed by atoms with Crippen LogP contribution in [0.3, 0.4) is 0 Å². The lowest BCUT2D eigenvalue weighted by molar-refractivity contribution is 0.00698. The van der Waals surface area contributed by atoms with Crippen LogP contribution in [0.15, 0.2) is 6.07 Å². The average Bonchev–Trinajstić information content (AvgIpc) is 2.80. The summed E-state index contributed by atoms with van der Waals surface area (Å²) in [5.74, 6) is 0.828. The molecule has 0 saturated carbocycles. The fourth-order valence-electron chi connectivity index (χ4n) is 2.81. The number of hydrogen-bond acceptors (Lipinski definition) is 6. The highest BCUT2D eigenvalue weighted by Crippen LogP contribution is 2.18. The molecule has 3 heterocycles. The van der Waals surface area contributed by atoms with Crippen molar-refractivity contribution < 1.29 is 13.2 Å². The van der Waals surface area contributed by atoms with Gasteiger partial charge in [-0.1, -0.05) is 0 Å². The van der Waals surface area contributed by atoms with Gasteiger partial charge in [-0.3, -0.25) is 0 Å². The van der Waals surface area contributed by atoms with Crippen LogP contribution in [0.25, 0.3) is 5.65 Å². The summed E-state index contributed by atoms with van der Waals surface area (Å²) in [6.07, 6.45) is 1.03. The molecule has 9 heteroatoms. The molecular formula is C15H23N5O3S. The van der Waals surface area contributed by atoms with Gasteiger partial charge in [0, 0.05) is 37.0 Å². The zero-order chi connectivity index (χ0) is 17.5. The van der Waals surface area contributed by atoms with Crippen molar-refractivity contribution in [3.63, 3.8) is 0 Å². The van der Waals surface area contributed by atoms with E-state index in [-0.39, 0.29) is 6.10 Å². The number of nitrogens with zero attached hydrogens (tertiary/aromatic N) is 4. The van der Waals surface area contributed by atoms with E-state index in [2.05, 4.69) is 15.4 Å². The SMILES string of the molecule is Cc1cc(NC[C@H]2CN(S(C)(=O)=O)CCO2)n2nc(C)c(C)c2n1. The summed E-state index contributed by atoms with van der Waals surface area (Å²) in [6, 6.07) is 1.93. The van der Waals surface area contributed by atoms with Crippen LogP contribution in [-0.2, 0) is 14.8 Å². The molecule has 1 fully saturated rings. The van der Waals surface area contributed by atoms with E-state index in [1.54, 1.807) is 4.52 Å². The second-order valence-corrected chi connectivity index (χ2v) is 8.21. The Balaban J connectivity index is 1.77. The fraction of sp³-hybridized carbons (Fsp3) is 0.600. The van der Waals surface area contributed by atoms with E-state index in [4.69, 9.17) is 4.74 Å². The number of rotatable bonds is 4. The molecule has 2 aromatic rings. The van der Waals surface area contributed by atoms with Crippen LogP contribution >= 0.6 is 0 Å². The van der Waals surface area contributed by atoms with Crippen LogP contribution in [0.4, 0.5) is 5.82 Å². The third-order valence-electron chi connectivity index (χ3n) is 4.27. The maximum absolute atomic E-state index is 11.7. The second-order valence-electron chi connectivity index (χ2n) is 6.22. The summed E-state index contributed by atoms with van der Waals surface area (Å²) in [7, 11) is -3.19. The molecule has 0 radical (unpaired) electrons. The molecule has 0 amide bonds. The number of ether oxygens (including phenoxy) is 1. The van der Waals surface area contributed by atoms with Crippen molar-refractivity contribution in [2.24, 2.45) is 0 Å². The Bertz CT molecular complexity index is 862. The molecule has 0 unspecified atom stereocenters. The minimum Gasteiger partial charge on any atom is -0.374 e. The monoisotopic (exact) mass is 353 g/mol. The quantitative estimate of drug-likeness (QED) is 0.872. The van der Waals surface area contributed by atoms with Crippen molar-refractivity contribution in [1.82, 2.24) is 18.9 Å². The number of nitrogens with one attached hydrogen (secondary N) is 1. The highest BCUT2D eigenvalue weighted by atomic mass is 32.2. The van der Waals surface area contributed by atoms with Crippen molar-refractivity contribution in [3.8, 4) is 0 Å². The largest absolute Gasteiger partial charge is 0.374 e. The third kappa shape index (κ3) is 3.38. The molecule has 24 heavy (non-hydrogen) atoms. The normalized spacial score (nSPS) is 19.8. The van der Waals surface area contributed by atoms with Gasteiger partial charge < -0.3 is 10.1 Å². The Kier molecular flexibility index (Phi) is 4.50. The first-order valence-corrected chi connectivity index (χ1v) is 9.74. The topological polar surface area (TPSA) is 88.8 Å². The molecule has 0 spiro atoms. The van der Waals surface area contributed by atoms with Crippen molar-refractivity contribution in [2.75, 3.05) is 37.8 Å². The van der Waals surface area contributed by atoms with E-state index in [1.165, 1.54) is 10.6 Å². The van der Waals surface area contributed by atoms with Gasteiger partial charge in [-0.05, 0) is 20.8 Å². The Morgan fingerprint density at radius 1 is 1.38 bits per heavy atom. The number of sulfonamides is 1. The van der Waals surface area contributed by atoms with Crippen molar-refractivity contribution in [3.05, 3.63) is 23.0 Å². The van der Waals surface area contributed by atoms with Gasteiger partial charge in [-0.15, -0.1) is 0 Å². The molecule has 1 atom stereocenters. The molecule has 0 aromatic carbocycles. The first-order chi connectivity index (χ1) is 11.3. The lowest BCUT2D eigenvalue weighted by atomic mass is 10.3. The average molecular weight is 353 g/mol. The number of fused-ring (bicyclic) bond motifs is 1. The standard InChI is InChI=1S/C15H23N5O3S/c1-10-7-14(20-15(17-10)11(2)12(3)18-20)16-8-13-9-19(5-6-23-13)24(4,21)22/h7,13,16H,5-6,8-9H2,1-4H3/t13-/m0/s1. The summed E-state index contributed by atoms with van der Waals surface area (Å²) in [6.45, 7) is 7.57. The second kappa shape index (κ2) is 6.30. The van der Waals surface area contributed by atoms with Gasteiger partial charge >= 0.3 is 0 Å². The number of aromatic nitrogens is 3. The minimum absolute atomic E-state index is 0.199. The van der Waals surface area contributed by atoms with Crippen LogP contribution in [0, 0.1) is 20.8 Å². The molecule has 1 aliphatic heterocycles. The predicted octanol–water partition coefficient (Wildman–Crippen LogP) is 0.727. The van der Waals surface area contributed by atoms with E-state index in [0.717, 1.165) is 28.4 Å². The summed E-state index contributed by atoms with van der Waals surface area (Å²) < 4.78 is 32.3. The fourth-order valence-corrected chi connectivity index (χ4v) is 3.66. The van der Waals surface area contributed by atoms with Crippen molar-refractivity contribution in [1.29, 1.82) is 0 Å². The first kappa shape index (κ1) is 17.1. The summed E-state index contributed by atoms with van der Waals surface area (Å²) in [5, 5.41) is 7.84. The Morgan fingerprint density at radius 2 is 2.12 bits per heavy atom. The highest BCUT2D eigenvalue weighted by Gasteiger charge is 2.26. The molecule has 3 rings (SSSR count). The lowest BCUT2D eigenvalue weighted by Gasteiger charge is -2.31. The van der Waals surface area contributed by atoms with Crippen LogP contribution < -0.4 is 5.32 Å². The molecule has 1 aliphatic rings. The molecule has 1 N–H and O–H groups in total. The third-order valence-corrected chi connectivity index (χ3v) is 5.54. The molecular weight excluding hydrogens is 330 g/mol. The number of morpholine rings is 1. The van der Waals surface area contributed by atoms with Gasteiger partial charge in [-0.2, -0.15) is 13.9 Å². The van der Waals surface area contributed by atoms with E-state index in [1.807, 2.05) is 26.8 Å². The molecule has 0 aliphatic carbocycles. The van der Waals surface area contributed by atoms with Gasteiger partial charge in [0.2, 0.25) is 10.0 Å². The van der Waals surface area contributed by atoms with Gasteiger partial charge in [0.05, 0.1) is 24.7 Å². The van der Waals surface area contributed by atoms with E-state index >= 15 is 0 Å². The number of aryl methyl sites for hydroxylation is 3. The van der Waals surface area contributed by atoms with E-state index in [9.17, 15) is 8.42 Å². The predicted molar refractivity (Wildman–Crippen MR) is 91.8 cm³/mol. The maximum atomic E-state index is 11.7. The summed E-state index contributed by atoms with van der Waals surface area (Å²) in [5.41, 5.74) is 3.72. The molecule has 2 aromatic heterocycles. The molecule has 132 valence electrons. The minimum atomic E-state index is -3.19. The molecule has 8 nitrogen and oxygen atoms in total. The van der Waals surface area contributed by atoms with Crippen molar-refractivity contribution >= 4 is 21.5 Å². The van der Waals surface area contributed by atoms with Crippen LogP contribution in [0.2, 0.25) is 0 Å². The molecule has 0 bridgehead atoms. The first-order valence-electron chi connectivity index (χ1n) is 7.90. The van der Waals surface area contributed by atoms with E-state index < -0.39 is 10.0 Å². The Labute approximate surface area is 141 Å². The highest BCUT2D eigenvalue weighted by molar-refractivity contribution is 7.88. The lowest BCUT2D eigenvalue weighted by Crippen LogP contribution is -2.47.